The van der Waals surface area contributed by atoms with Crippen LogP contribution in [0.4, 0.5) is 0 Å². The third kappa shape index (κ3) is 4.46. The van der Waals surface area contributed by atoms with Crippen LogP contribution in [0.15, 0.2) is 42.7 Å². The molecule has 18 heavy (non-hydrogen) atoms. The number of nitrogens with one attached hydrogen (secondary N) is 1. The van der Waals surface area contributed by atoms with Gasteiger partial charge in [0.15, 0.2) is 0 Å². The first-order valence-electron chi connectivity index (χ1n) is 5.29. The van der Waals surface area contributed by atoms with E-state index in [1.165, 1.54) is 0 Å². The summed E-state index contributed by atoms with van der Waals surface area (Å²) in [7, 11) is 0. The van der Waals surface area contributed by atoms with Crippen molar-refractivity contribution in [1.29, 1.82) is 0 Å². The molecule has 0 bridgehead atoms. The van der Waals surface area contributed by atoms with Gasteiger partial charge in [0.2, 0.25) is 0 Å². The molecule has 2 aromatic rings. The Morgan fingerprint density at radius 1 is 1.00 bits per heavy atom. The predicted molar refractivity (Wildman–Crippen MR) is 71.2 cm³/mol. The van der Waals surface area contributed by atoms with E-state index in [1.807, 2.05) is 36.5 Å². The van der Waals surface area contributed by atoms with Crippen molar-refractivity contribution >= 4 is 23.2 Å². The van der Waals surface area contributed by atoms with E-state index in [2.05, 4.69) is 10.3 Å². The molecule has 1 aromatic heterocycles. The molecule has 96 valence electrons. The highest BCUT2D eigenvalue weighted by molar-refractivity contribution is 6.42. The summed E-state index contributed by atoms with van der Waals surface area (Å²) in [4.78, 5) is 4.06. The largest absolute Gasteiger partial charge is 1.00 e. The topological polar surface area (TPSA) is 24.9 Å². The first-order chi connectivity index (χ1) is 8.25. The van der Waals surface area contributed by atoms with Crippen molar-refractivity contribution in [2.24, 2.45) is 0 Å². The average Bonchev–Trinajstić information content (AvgIpc) is 2.35. The van der Waals surface area contributed by atoms with E-state index in [0.717, 1.165) is 24.2 Å². The number of hydrogen-bond acceptors (Lipinski definition) is 2. The maximum absolute atomic E-state index is 5.94. The lowest BCUT2D eigenvalue weighted by Gasteiger charge is -2.05. The highest BCUT2D eigenvalue weighted by Gasteiger charge is 1.99. The first-order valence-corrected chi connectivity index (χ1v) is 6.05. The fourth-order valence-corrected chi connectivity index (χ4v) is 1.82. The van der Waals surface area contributed by atoms with Crippen LogP contribution in [0.2, 0.25) is 10.0 Å². The minimum absolute atomic E-state index is 0. The summed E-state index contributed by atoms with van der Waals surface area (Å²) in [5.74, 6) is 0. The van der Waals surface area contributed by atoms with Crippen LogP contribution in [-0.4, -0.2) is 4.98 Å². The molecule has 2 nitrogen and oxygen atoms in total. The number of nitrogens with zero attached hydrogens (tertiary/aromatic N) is 1. The highest BCUT2D eigenvalue weighted by atomic mass is 35.5. The van der Waals surface area contributed by atoms with Crippen LogP contribution in [0, 0.1) is 0 Å². The molecule has 5 heteroatoms. The van der Waals surface area contributed by atoms with Gasteiger partial charge in [0.1, 0.15) is 0 Å². The maximum atomic E-state index is 5.94. The summed E-state index contributed by atoms with van der Waals surface area (Å²) in [5.41, 5.74) is 2.27. The Hall–Kier alpha value is -0.800. The van der Waals surface area contributed by atoms with Crippen LogP contribution in [0.5, 0.6) is 0 Å². The lowest BCUT2D eigenvalue weighted by atomic mass is 10.2. The standard InChI is InChI=1S/C13H12Cl2N2.ClH/c14-12-4-3-10(6-13(12)15)7-17-9-11-2-1-5-16-8-11;/h1-6,8,17H,7,9H2;1H/p-1. The zero-order chi connectivity index (χ0) is 12.1. The molecule has 1 N–H and O–H groups in total. The van der Waals surface area contributed by atoms with Crippen molar-refractivity contribution in [2.45, 2.75) is 13.1 Å². The van der Waals surface area contributed by atoms with Crippen LogP contribution in [0.3, 0.4) is 0 Å². The second-order valence-corrected chi connectivity index (χ2v) is 4.53. The van der Waals surface area contributed by atoms with Crippen LogP contribution in [0.25, 0.3) is 0 Å². The average molecular weight is 303 g/mol. The second kappa shape index (κ2) is 7.59. The molecule has 1 aromatic carbocycles. The number of hydrogen-bond donors (Lipinski definition) is 1. The van der Waals surface area contributed by atoms with Crippen LogP contribution in [0.1, 0.15) is 11.1 Å². The SMILES string of the molecule is Clc1ccc(CNCc2cccnc2)cc1Cl.[Cl-]. The number of aromatic nitrogens is 1. The minimum Gasteiger partial charge on any atom is -1.00 e. The fraction of sp³-hybridized carbons (Fsp3) is 0.154. The predicted octanol–water partition coefficient (Wildman–Crippen LogP) is 0.682. The minimum atomic E-state index is 0. The summed E-state index contributed by atoms with van der Waals surface area (Å²) in [6.45, 7) is 1.54. The van der Waals surface area contributed by atoms with E-state index in [-0.39, 0.29) is 12.4 Å². The van der Waals surface area contributed by atoms with E-state index in [0.29, 0.717) is 10.0 Å². The summed E-state index contributed by atoms with van der Waals surface area (Å²) >= 11 is 11.8. The monoisotopic (exact) mass is 301 g/mol. The summed E-state index contributed by atoms with van der Waals surface area (Å²) < 4.78 is 0. The molecule has 1 heterocycles. The van der Waals surface area contributed by atoms with Gasteiger partial charge in [0.25, 0.3) is 0 Å². The van der Waals surface area contributed by atoms with E-state index in [1.54, 1.807) is 6.20 Å². The molecule has 0 aliphatic rings. The molecule has 0 saturated heterocycles. The molecular formula is C13H12Cl3N2-. The van der Waals surface area contributed by atoms with Gasteiger partial charge in [-0.1, -0.05) is 35.3 Å². The molecule has 2 rings (SSSR count). The van der Waals surface area contributed by atoms with Gasteiger partial charge in [0.05, 0.1) is 10.0 Å². The number of benzene rings is 1. The molecule has 0 atom stereocenters. The lowest BCUT2D eigenvalue weighted by Crippen LogP contribution is -3.00. The Kier molecular flexibility index (Phi) is 6.44. The number of pyridine rings is 1. The van der Waals surface area contributed by atoms with Gasteiger partial charge >= 0.3 is 0 Å². The van der Waals surface area contributed by atoms with Gasteiger partial charge < -0.3 is 17.7 Å². The summed E-state index contributed by atoms with van der Waals surface area (Å²) in [6.07, 6.45) is 3.62. The van der Waals surface area contributed by atoms with Gasteiger partial charge in [0, 0.05) is 25.5 Å². The van der Waals surface area contributed by atoms with Crippen molar-refractivity contribution in [3.8, 4) is 0 Å². The normalized spacial score (nSPS) is 9.89. The summed E-state index contributed by atoms with van der Waals surface area (Å²) in [6, 6.07) is 9.61. The van der Waals surface area contributed by atoms with Gasteiger partial charge in [-0.25, -0.2) is 0 Å². The van der Waals surface area contributed by atoms with Crippen molar-refractivity contribution < 1.29 is 12.4 Å². The van der Waals surface area contributed by atoms with Gasteiger partial charge in [-0.3, -0.25) is 4.98 Å². The third-order valence-corrected chi connectivity index (χ3v) is 3.10. The highest BCUT2D eigenvalue weighted by Crippen LogP contribution is 2.22. The quantitative estimate of drug-likeness (QED) is 0.898. The molecule has 0 amide bonds. The van der Waals surface area contributed by atoms with Crippen molar-refractivity contribution in [3.63, 3.8) is 0 Å². The van der Waals surface area contributed by atoms with Crippen LogP contribution >= 0.6 is 23.2 Å². The Morgan fingerprint density at radius 3 is 2.44 bits per heavy atom. The van der Waals surface area contributed by atoms with Crippen molar-refractivity contribution in [3.05, 3.63) is 63.9 Å². The van der Waals surface area contributed by atoms with E-state index >= 15 is 0 Å². The number of halogens is 3. The number of rotatable bonds is 4. The molecule has 0 aliphatic carbocycles. The Labute approximate surface area is 123 Å². The molecule has 0 radical (unpaired) electrons. The van der Waals surface area contributed by atoms with Crippen molar-refractivity contribution in [1.82, 2.24) is 10.3 Å². The van der Waals surface area contributed by atoms with Crippen LogP contribution in [-0.2, 0) is 13.1 Å². The van der Waals surface area contributed by atoms with Gasteiger partial charge in [-0.2, -0.15) is 0 Å². The maximum Gasteiger partial charge on any atom is 0.0595 e. The molecule has 0 aliphatic heterocycles. The fourth-order valence-electron chi connectivity index (χ4n) is 1.50. The molecule has 0 fully saturated rings. The zero-order valence-electron chi connectivity index (χ0n) is 9.54. The Morgan fingerprint density at radius 2 is 1.78 bits per heavy atom. The second-order valence-electron chi connectivity index (χ2n) is 3.71. The first kappa shape index (κ1) is 15.3. The van der Waals surface area contributed by atoms with E-state index < -0.39 is 0 Å². The summed E-state index contributed by atoms with van der Waals surface area (Å²) in [5, 5.41) is 4.50. The zero-order valence-corrected chi connectivity index (χ0v) is 11.8. The van der Waals surface area contributed by atoms with E-state index in [9.17, 15) is 0 Å². The Bertz CT molecular complexity index is 489. The van der Waals surface area contributed by atoms with E-state index in [4.69, 9.17) is 23.2 Å². The van der Waals surface area contributed by atoms with Gasteiger partial charge in [-0.05, 0) is 29.3 Å². The molecular weight excluding hydrogens is 291 g/mol. The molecule has 0 saturated carbocycles. The van der Waals surface area contributed by atoms with Gasteiger partial charge in [-0.15, -0.1) is 0 Å². The molecule has 0 unspecified atom stereocenters. The Balaban J connectivity index is 0.00000162. The van der Waals surface area contributed by atoms with Crippen molar-refractivity contribution in [2.75, 3.05) is 0 Å². The van der Waals surface area contributed by atoms with Crippen LogP contribution < -0.4 is 17.7 Å². The third-order valence-electron chi connectivity index (χ3n) is 2.37. The lowest BCUT2D eigenvalue weighted by molar-refractivity contribution is -0.00000333. The smallest absolute Gasteiger partial charge is 0.0595 e. The molecule has 0 spiro atoms.